The van der Waals surface area contributed by atoms with Crippen molar-refractivity contribution < 1.29 is 14.3 Å². The summed E-state index contributed by atoms with van der Waals surface area (Å²) in [5.41, 5.74) is 1.74. The molecular formula is C14H21NO3. The van der Waals surface area contributed by atoms with Gasteiger partial charge in [0.15, 0.2) is 11.5 Å². The Morgan fingerprint density at radius 3 is 2.22 bits per heavy atom. The van der Waals surface area contributed by atoms with Crippen LogP contribution < -0.4 is 9.47 Å². The number of nitrogens with zero attached hydrogens (tertiary/aromatic N) is 1. The first-order valence-electron chi connectivity index (χ1n) is 6.17. The van der Waals surface area contributed by atoms with Crippen LogP contribution in [0.5, 0.6) is 11.5 Å². The van der Waals surface area contributed by atoms with Crippen LogP contribution in [-0.2, 0) is 6.42 Å². The van der Waals surface area contributed by atoms with Gasteiger partial charge in [0.05, 0.1) is 14.2 Å². The molecule has 100 valence electrons. The van der Waals surface area contributed by atoms with Gasteiger partial charge in [0.2, 0.25) is 0 Å². The maximum atomic E-state index is 11.9. The summed E-state index contributed by atoms with van der Waals surface area (Å²) in [5.74, 6) is 1.32. The summed E-state index contributed by atoms with van der Waals surface area (Å²) in [7, 11) is 4.98. The molecule has 0 aromatic heterocycles. The van der Waals surface area contributed by atoms with Crippen molar-refractivity contribution in [2.45, 2.75) is 20.3 Å². The molecule has 0 aliphatic carbocycles. The smallest absolute Gasteiger partial charge is 0.254 e. The van der Waals surface area contributed by atoms with Crippen LogP contribution in [0.2, 0.25) is 0 Å². The third-order valence-electron chi connectivity index (χ3n) is 2.90. The zero-order chi connectivity index (χ0) is 13.7. The van der Waals surface area contributed by atoms with Gasteiger partial charge in [-0.3, -0.25) is 4.79 Å². The molecule has 4 heteroatoms. The van der Waals surface area contributed by atoms with Crippen molar-refractivity contribution in [2.75, 3.05) is 27.8 Å². The summed E-state index contributed by atoms with van der Waals surface area (Å²) in [4.78, 5) is 13.6. The van der Waals surface area contributed by atoms with Crippen molar-refractivity contribution in [1.82, 2.24) is 4.90 Å². The second-order valence-corrected chi connectivity index (χ2v) is 3.84. The first-order chi connectivity index (χ1) is 8.67. The Morgan fingerprint density at radius 2 is 1.67 bits per heavy atom. The molecule has 0 saturated heterocycles. The minimum atomic E-state index is 0.0437. The van der Waals surface area contributed by atoms with E-state index in [1.165, 1.54) is 0 Å². The van der Waals surface area contributed by atoms with E-state index in [2.05, 4.69) is 0 Å². The van der Waals surface area contributed by atoms with Crippen molar-refractivity contribution >= 4 is 5.91 Å². The van der Waals surface area contributed by atoms with E-state index in [0.29, 0.717) is 17.1 Å². The maximum Gasteiger partial charge on any atom is 0.254 e. The van der Waals surface area contributed by atoms with Gasteiger partial charge in [0, 0.05) is 19.2 Å². The Balaban J connectivity index is 0.000000771. The van der Waals surface area contributed by atoms with E-state index in [1.54, 1.807) is 25.2 Å². The largest absolute Gasteiger partial charge is 0.493 e. The highest BCUT2D eigenvalue weighted by atomic mass is 16.5. The number of likely N-dealkylation sites (N-methyl/N-ethyl adjacent to an activating group) is 1. The highest BCUT2D eigenvalue weighted by Gasteiger charge is 2.23. The average Bonchev–Trinajstić information content (AvgIpc) is 2.44. The number of hydrogen-bond donors (Lipinski definition) is 0. The lowest BCUT2D eigenvalue weighted by Crippen LogP contribution is -2.34. The number of amides is 1. The minimum absolute atomic E-state index is 0.0437. The Bertz CT molecular complexity index is 429. The van der Waals surface area contributed by atoms with E-state index in [9.17, 15) is 4.79 Å². The summed E-state index contributed by atoms with van der Waals surface area (Å²) >= 11 is 0. The molecule has 1 heterocycles. The molecule has 1 aliphatic rings. The Morgan fingerprint density at radius 1 is 1.11 bits per heavy atom. The van der Waals surface area contributed by atoms with Gasteiger partial charge in [0.1, 0.15) is 0 Å². The fourth-order valence-electron chi connectivity index (χ4n) is 1.92. The number of carbonyl (C=O) groups is 1. The number of rotatable bonds is 2. The van der Waals surface area contributed by atoms with Crippen LogP contribution in [0.25, 0.3) is 0 Å². The Labute approximate surface area is 108 Å². The van der Waals surface area contributed by atoms with Crippen LogP contribution in [0.15, 0.2) is 12.1 Å². The lowest BCUT2D eigenvalue weighted by atomic mass is 9.98. The van der Waals surface area contributed by atoms with Gasteiger partial charge in [-0.05, 0) is 24.1 Å². The Hall–Kier alpha value is -1.71. The number of carbonyl (C=O) groups excluding carboxylic acids is 1. The molecule has 1 aliphatic heterocycles. The second kappa shape index (κ2) is 6.28. The van der Waals surface area contributed by atoms with Crippen LogP contribution in [-0.4, -0.2) is 38.6 Å². The van der Waals surface area contributed by atoms with Crippen molar-refractivity contribution in [3.8, 4) is 11.5 Å². The fourth-order valence-corrected chi connectivity index (χ4v) is 1.92. The molecule has 0 unspecified atom stereocenters. The molecule has 4 nitrogen and oxygen atoms in total. The monoisotopic (exact) mass is 251 g/mol. The summed E-state index contributed by atoms with van der Waals surface area (Å²) < 4.78 is 10.4. The number of ether oxygens (including phenoxy) is 2. The highest BCUT2D eigenvalue weighted by Crippen LogP contribution is 2.32. The zero-order valence-electron chi connectivity index (χ0n) is 11.7. The quantitative estimate of drug-likeness (QED) is 0.810. The Kier molecular flexibility index (Phi) is 5.01. The number of hydrogen-bond acceptors (Lipinski definition) is 3. The fraction of sp³-hybridized carbons (Fsp3) is 0.500. The van der Waals surface area contributed by atoms with Crippen LogP contribution >= 0.6 is 0 Å². The third-order valence-corrected chi connectivity index (χ3v) is 2.90. The molecule has 18 heavy (non-hydrogen) atoms. The molecule has 0 bridgehead atoms. The SMILES string of the molecule is CC.COc1cc2c(cc1OC)C(=O)N(C)CC2. The number of benzene rings is 1. The number of fused-ring (bicyclic) bond motifs is 1. The topological polar surface area (TPSA) is 38.8 Å². The van der Waals surface area contributed by atoms with Gasteiger partial charge in [-0.1, -0.05) is 13.8 Å². The van der Waals surface area contributed by atoms with E-state index in [1.807, 2.05) is 27.0 Å². The second-order valence-electron chi connectivity index (χ2n) is 3.84. The summed E-state index contributed by atoms with van der Waals surface area (Å²) in [6.45, 7) is 4.75. The van der Waals surface area contributed by atoms with Gasteiger partial charge in [-0.2, -0.15) is 0 Å². The van der Waals surface area contributed by atoms with Crippen molar-refractivity contribution in [1.29, 1.82) is 0 Å². The van der Waals surface area contributed by atoms with Crippen molar-refractivity contribution in [3.63, 3.8) is 0 Å². The number of methoxy groups -OCH3 is 2. The van der Waals surface area contributed by atoms with E-state index in [4.69, 9.17) is 9.47 Å². The van der Waals surface area contributed by atoms with E-state index in [-0.39, 0.29) is 5.91 Å². The normalized spacial score (nSPS) is 13.4. The molecule has 2 rings (SSSR count). The summed E-state index contributed by atoms with van der Waals surface area (Å²) in [5, 5.41) is 0. The molecule has 0 spiro atoms. The summed E-state index contributed by atoms with van der Waals surface area (Å²) in [6, 6.07) is 3.64. The van der Waals surface area contributed by atoms with Gasteiger partial charge < -0.3 is 14.4 Å². The highest BCUT2D eigenvalue weighted by molar-refractivity contribution is 5.97. The zero-order valence-corrected chi connectivity index (χ0v) is 11.7. The van der Waals surface area contributed by atoms with Gasteiger partial charge in [0.25, 0.3) is 5.91 Å². The lowest BCUT2D eigenvalue weighted by Gasteiger charge is -2.25. The molecule has 1 aromatic rings. The molecule has 0 radical (unpaired) electrons. The molecule has 1 amide bonds. The first-order valence-corrected chi connectivity index (χ1v) is 6.17. The lowest BCUT2D eigenvalue weighted by molar-refractivity contribution is 0.0780. The van der Waals surface area contributed by atoms with Gasteiger partial charge in [-0.25, -0.2) is 0 Å². The van der Waals surface area contributed by atoms with Crippen LogP contribution in [0.4, 0.5) is 0 Å². The predicted molar refractivity (Wildman–Crippen MR) is 71.6 cm³/mol. The first kappa shape index (κ1) is 14.4. The van der Waals surface area contributed by atoms with Gasteiger partial charge in [-0.15, -0.1) is 0 Å². The van der Waals surface area contributed by atoms with Crippen molar-refractivity contribution in [2.24, 2.45) is 0 Å². The minimum Gasteiger partial charge on any atom is -0.493 e. The molecular weight excluding hydrogens is 230 g/mol. The van der Waals surface area contributed by atoms with Crippen LogP contribution in [0.3, 0.4) is 0 Å². The van der Waals surface area contributed by atoms with E-state index in [0.717, 1.165) is 18.5 Å². The van der Waals surface area contributed by atoms with E-state index >= 15 is 0 Å². The summed E-state index contributed by atoms with van der Waals surface area (Å²) in [6.07, 6.45) is 0.859. The third kappa shape index (κ3) is 2.58. The molecule has 0 saturated carbocycles. The molecule has 0 atom stereocenters. The molecule has 1 aromatic carbocycles. The van der Waals surface area contributed by atoms with Crippen LogP contribution in [0.1, 0.15) is 29.8 Å². The van der Waals surface area contributed by atoms with Crippen molar-refractivity contribution in [3.05, 3.63) is 23.3 Å². The predicted octanol–water partition coefficient (Wildman–Crippen LogP) is 2.36. The van der Waals surface area contributed by atoms with Crippen LogP contribution in [0, 0.1) is 0 Å². The maximum absolute atomic E-state index is 11.9. The van der Waals surface area contributed by atoms with Gasteiger partial charge >= 0.3 is 0 Å². The molecule has 0 N–H and O–H groups in total. The standard InChI is InChI=1S/C12H15NO3.C2H6/c1-13-5-4-8-6-10(15-2)11(16-3)7-9(8)12(13)14;1-2/h6-7H,4-5H2,1-3H3;1-2H3. The van der Waals surface area contributed by atoms with E-state index < -0.39 is 0 Å². The average molecular weight is 251 g/mol. The molecule has 0 fully saturated rings.